The molecule has 2 rings (SSSR count). The molecule has 0 aromatic heterocycles. The van der Waals surface area contributed by atoms with E-state index in [4.69, 9.17) is 41.2 Å². The Hall–Kier alpha value is -1.14. The van der Waals surface area contributed by atoms with Crippen molar-refractivity contribution < 1.29 is 4.79 Å². The molecule has 0 saturated heterocycles. The van der Waals surface area contributed by atoms with Gasteiger partial charge in [-0.1, -0.05) is 35.4 Å². The first kappa shape index (κ1) is 16.2. The SMILES string of the molecule is NC(=S)c1ccc(NC(=O)c2ccc(Cl)c(Cl)c2)c(Br)c1. The van der Waals surface area contributed by atoms with Crippen molar-refractivity contribution in [2.45, 2.75) is 0 Å². The van der Waals surface area contributed by atoms with E-state index in [0.717, 1.165) is 0 Å². The summed E-state index contributed by atoms with van der Waals surface area (Å²) in [4.78, 5) is 12.5. The Bertz CT molecular complexity index is 737. The van der Waals surface area contributed by atoms with Crippen LogP contribution in [0.15, 0.2) is 40.9 Å². The molecule has 21 heavy (non-hydrogen) atoms. The van der Waals surface area contributed by atoms with Crippen LogP contribution >= 0.6 is 51.3 Å². The lowest BCUT2D eigenvalue weighted by Crippen LogP contribution is -2.13. The first-order valence-corrected chi connectivity index (χ1v) is 7.70. The highest BCUT2D eigenvalue weighted by Gasteiger charge is 2.11. The zero-order valence-corrected chi connectivity index (χ0v) is 14.4. The van der Waals surface area contributed by atoms with Gasteiger partial charge in [-0.05, 0) is 52.3 Å². The van der Waals surface area contributed by atoms with Gasteiger partial charge in [-0.15, -0.1) is 0 Å². The summed E-state index contributed by atoms with van der Waals surface area (Å²) < 4.78 is 0.682. The molecule has 0 spiro atoms. The highest BCUT2D eigenvalue weighted by atomic mass is 79.9. The fourth-order valence-electron chi connectivity index (χ4n) is 1.60. The number of nitrogens with two attached hydrogens (primary N) is 1. The maximum Gasteiger partial charge on any atom is 0.255 e. The standard InChI is InChI=1S/C14H9BrCl2N2OS/c15-9-5-7(13(18)21)2-4-12(9)19-14(20)8-1-3-10(16)11(17)6-8/h1-6H,(H2,18,21)(H,19,20). The molecular formula is C14H9BrCl2N2OS. The van der Waals surface area contributed by atoms with Gasteiger partial charge in [0.15, 0.2) is 0 Å². The van der Waals surface area contributed by atoms with Crippen molar-refractivity contribution in [1.82, 2.24) is 0 Å². The second-order valence-corrected chi connectivity index (χ2v) is 6.25. The Morgan fingerprint density at radius 1 is 1.10 bits per heavy atom. The average molecular weight is 404 g/mol. The van der Waals surface area contributed by atoms with Crippen LogP contribution in [0.2, 0.25) is 10.0 Å². The van der Waals surface area contributed by atoms with Crippen LogP contribution in [0.25, 0.3) is 0 Å². The van der Waals surface area contributed by atoms with Crippen molar-refractivity contribution in [2.75, 3.05) is 5.32 Å². The van der Waals surface area contributed by atoms with Gasteiger partial charge in [0.1, 0.15) is 4.99 Å². The number of amides is 1. The molecule has 1 amide bonds. The van der Waals surface area contributed by atoms with Crippen molar-refractivity contribution in [3.63, 3.8) is 0 Å². The summed E-state index contributed by atoms with van der Waals surface area (Å²) in [7, 11) is 0. The van der Waals surface area contributed by atoms with E-state index in [9.17, 15) is 4.79 Å². The van der Waals surface area contributed by atoms with E-state index in [0.29, 0.717) is 31.3 Å². The van der Waals surface area contributed by atoms with Crippen LogP contribution < -0.4 is 11.1 Å². The smallest absolute Gasteiger partial charge is 0.255 e. The van der Waals surface area contributed by atoms with Crippen LogP contribution in [0.3, 0.4) is 0 Å². The number of benzene rings is 2. The van der Waals surface area contributed by atoms with Crippen molar-refractivity contribution in [3.05, 3.63) is 62.0 Å². The molecule has 108 valence electrons. The molecule has 7 heteroatoms. The number of carbonyl (C=O) groups is 1. The van der Waals surface area contributed by atoms with Gasteiger partial charge in [-0.3, -0.25) is 4.79 Å². The summed E-state index contributed by atoms with van der Waals surface area (Å²) in [6.45, 7) is 0. The van der Waals surface area contributed by atoms with Crippen LogP contribution in [0.5, 0.6) is 0 Å². The fourth-order valence-corrected chi connectivity index (χ4v) is 2.50. The van der Waals surface area contributed by atoms with Crippen molar-refractivity contribution >= 4 is 67.9 Å². The summed E-state index contributed by atoms with van der Waals surface area (Å²) in [5, 5.41) is 3.49. The lowest BCUT2D eigenvalue weighted by atomic mass is 10.2. The van der Waals surface area contributed by atoms with Gasteiger partial charge in [0.05, 0.1) is 15.7 Å². The van der Waals surface area contributed by atoms with Crippen molar-refractivity contribution in [1.29, 1.82) is 0 Å². The minimum atomic E-state index is -0.294. The number of carbonyl (C=O) groups excluding carboxylic acids is 1. The maximum atomic E-state index is 12.2. The Labute approximate surface area is 145 Å². The van der Waals surface area contributed by atoms with Crippen LogP contribution in [0.1, 0.15) is 15.9 Å². The van der Waals surface area contributed by atoms with Crippen LogP contribution in [-0.4, -0.2) is 10.9 Å². The number of rotatable bonds is 3. The summed E-state index contributed by atoms with van der Waals surface area (Å²) >= 11 is 20.0. The molecule has 0 aliphatic heterocycles. The van der Waals surface area contributed by atoms with E-state index >= 15 is 0 Å². The molecule has 2 aromatic carbocycles. The molecule has 0 heterocycles. The molecule has 0 aliphatic carbocycles. The Balaban J connectivity index is 2.23. The molecule has 3 N–H and O–H groups in total. The number of halogens is 3. The molecule has 0 unspecified atom stereocenters. The summed E-state index contributed by atoms with van der Waals surface area (Å²) in [5.74, 6) is -0.294. The van der Waals surface area contributed by atoms with E-state index in [1.165, 1.54) is 6.07 Å². The number of hydrogen-bond acceptors (Lipinski definition) is 2. The van der Waals surface area contributed by atoms with Crippen LogP contribution in [0, 0.1) is 0 Å². The molecule has 0 fully saturated rings. The normalized spacial score (nSPS) is 10.2. The van der Waals surface area contributed by atoms with Crippen LogP contribution in [-0.2, 0) is 0 Å². The predicted octanol–water partition coefficient (Wildman–Crippen LogP) is 4.64. The first-order chi connectivity index (χ1) is 9.88. The van der Waals surface area contributed by atoms with Gasteiger partial charge >= 0.3 is 0 Å². The zero-order chi connectivity index (χ0) is 15.6. The molecule has 0 aliphatic rings. The summed E-state index contributed by atoms with van der Waals surface area (Å²) in [6.07, 6.45) is 0. The Morgan fingerprint density at radius 2 is 1.76 bits per heavy atom. The monoisotopic (exact) mass is 402 g/mol. The second-order valence-electron chi connectivity index (χ2n) is 4.14. The topological polar surface area (TPSA) is 55.1 Å². The van der Waals surface area contributed by atoms with E-state index in [2.05, 4.69) is 21.2 Å². The van der Waals surface area contributed by atoms with E-state index in [1.54, 1.807) is 30.3 Å². The minimum absolute atomic E-state index is 0.290. The van der Waals surface area contributed by atoms with Gasteiger partial charge in [-0.2, -0.15) is 0 Å². The highest BCUT2D eigenvalue weighted by Crippen LogP contribution is 2.26. The second kappa shape index (κ2) is 6.75. The number of hydrogen-bond donors (Lipinski definition) is 2. The molecule has 0 radical (unpaired) electrons. The van der Waals surface area contributed by atoms with Gasteiger partial charge in [0.2, 0.25) is 0 Å². The lowest BCUT2D eigenvalue weighted by Gasteiger charge is -2.09. The fraction of sp³-hybridized carbons (Fsp3) is 0. The molecular weight excluding hydrogens is 395 g/mol. The molecule has 0 atom stereocenters. The van der Waals surface area contributed by atoms with Crippen LogP contribution in [0.4, 0.5) is 5.69 Å². The molecule has 3 nitrogen and oxygen atoms in total. The average Bonchev–Trinajstić information content (AvgIpc) is 2.43. The molecule has 0 saturated carbocycles. The maximum absolute atomic E-state index is 12.2. The van der Waals surface area contributed by atoms with E-state index in [-0.39, 0.29) is 10.9 Å². The highest BCUT2D eigenvalue weighted by molar-refractivity contribution is 9.10. The molecule has 0 bridgehead atoms. The molecule has 2 aromatic rings. The van der Waals surface area contributed by atoms with Gasteiger partial charge in [-0.25, -0.2) is 0 Å². The Morgan fingerprint density at radius 3 is 2.33 bits per heavy atom. The third kappa shape index (κ3) is 3.95. The number of anilines is 1. The zero-order valence-electron chi connectivity index (χ0n) is 10.5. The van der Waals surface area contributed by atoms with Gasteiger partial charge in [0.25, 0.3) is 5.91 Å². The van der Waals surface area contributed by atoms with Gasteiger partial charge < -0.3 is 11.1 Å². The Kier molecular flexibility index (Phi) is 5.22. The first-order valence-electron chi connectivity index (χ1n) is 5.74. The third-order valence-electron chi connectivity index (χ3n) is 2.68. The van der Waals surface area contributed by atoms with E-state index < -0.39 is 0 Å². The number of nitrogens with one attached hydrogen (secondary N) is 1. The third-order valence-corrected chi connectivity index (χ3v) is 4.31. The van der Waals surface area contributed by atoms with Crippen molar-refractivity contribution in [3.8, 4) is 0 Å². The summed E-state index contributed by atoms with van der Waals surface area (Å²) in [6, 6.07) is 9.87. The quantitative estimate of drug-likeness (QED) is 0.733. The van der Waals surface area contributed by atoms with Crippen molar-refractivity contribution in [2.24, 2.45) is 5.73 Å². The lowest BCUT2D eigenvalue weighted by molar-refractivity contribution is 0.102. The minimum Gasteiger partial charge on any atom is -0.389 e. The van der Waals surface area contributed by atoms with E-state index in [1.807, 2.05) is 0 Å². The number of thiocarbonyl (C=S) groups is 1. The summed E-state index contributed by atoms with van der Waals surface area (Å²) in [5.41, 5.74) is 7.28. The van der Waals surface area contributed by atoms with Gasteiger partial charge in [0, 0.05) is 15.6 Å². The largest absolute Gasteiger partial charge is 0.389 e. The predicted molar refractivity (Wildman–Crippen MR) is 94.4 cm³/mol.